The molecule has 104 valence electrons. The fourth-order valence-electron chi connectivity index (χ4n) is 4.01. The second-order valence-corrected chi connectivity index (χ2v) is 6.64. The third-order valence-corrected chi connectivity index (χ3v) is 5.31. The van der Waals surface area contributed by atoms with Crippen LogP contribution in [0.2, 0.25) is 0 Å². The molecule has 1 nitrogen and oxygen atoms in total. The molecular formula is C18H27N. The van der Waals surface area contributed by atoms with Crippen molar-refractivity contribution < 1.29 is 0 Å². The van der Waals surface area contributed by atoms with Gasteiger partial charge < -0.3 is 5.32 Å². The lowest BCUT2D eigenvalue weighted by Gasteiger charge is -2.32. The van der Waals surface area contributed by atoms with E-state index in [1.54, 1.807) is 5.56 Å². The zero-order valence-electron chi connectivity index (χ0n) is 12.1. The quantitative estimate of drug-likeness (QED) is 0.841. The molecule has 19 heavy (non-hydrogen) atoms. The molecule has 0 saturated heterocycles. The second kappa shape index (κ2) is 6.09. The highest BCUT2D eigenvalue weighted by atomic mass is 15.0. The normalized spacial score (nSPS) is 35.4. The van der Waals surface area contributed by atoms with Gasteiger partial charge in [-0.25, -0.2) is 0 Å². The molecule has 2 aliphatic rings. The summed E-state index contributed by atoms with van der Waals surface area (Å²) in [4.78, 5) is 0. The lowest BCUT2D eigenvalue weighted by Crippen LogP contribution is -2.41. The molecule has 0 heterocycles. The largest absolute Gasteiger partial charge is 0.311 e. The van der Waals surface area contributed by atoms with Crippen LogP contribution in [-0.2, 0) is 0 Å². The summed E-state index contributed by atoms with van der Waals surface area (Å²) in [5.41, 5.74) is 1.55. The van der Waals surface area contributed by atoms with Gasteiger partial charge in [-0.05, 0) is 55.9 Å². The van der Waals surface area contributed by atoms with Crippen molar-refractivity contribution in [2.45, 2.75) is 69.9 Å². The average Bonchev–Trinajstić information content (AvgIpc) is 2.86. The molecule has 0 bridgehead atoms. The number of rotatable bonds is 3. The Bertz CT molecular complexity index is 378. The average molecular weight is 257 g/mol. The lowest BCUT2D eigenvalue weighted by molar-refractivity contribution is 0.292. The molecule has 0 aromatic heterocycles. The molecular weight excluding hydrogens is 230 g/mol. The maximum atomic E-state index is 3.94. The fraction of sp³-hybridized carbons (Fsp3) is 0.667. The van der Waals surface area contributed by atoms with E-state index in [4.69, 9.17) is 0 Å². The minimum atomic E-state index is 0.783. The Balaban J connectivity index is 1.49. The van der Waals surface area contributed by atoms with E-state index < -0.39 is 0 Å². The molecule has 1 N–H and O–H groups in total. The summed E-state index contributed by atoms with van der Waals surface area (Å²) in [6.45, 7) is 2.42. The van der Waals surface area contributed by atoms with E-state index in [0.717, 1.165) is 23.9 Å². The minimum absolute atomic E-state index is 0.783. The van der Waals surface area contributed by atoms with Gasteiger partial charge >= 0.3 is 0 Å². The summed E-state index contributed by atoms with van der Waals surface area (Å²) in [5, 5.41) is 3.94. The molecule has 2 saturated carbocycles. The van der Waals surface area contributed by atoms with Gasteiger partial charge in [-0.2, -0.15) is 0 Å². The van der Waals surface area contributed by atoms with Crippen molar-refractivity contribution in [2.75, 3.05) is 0 Å². The standard InChI is InChI=1S/C18H27N/c1-14-6-5-9-18(14)19-17-12-10-16(11-13-17)15-7-3-2-4-8-15/h2-4,7-8,14,16-19H,5-6,9-13H2,1H3. The molecule has 0 amide bonds. The lowest BCUT2D eigenvalue weighted by atomic mass is 9.81. The van der Waals surface area contributed by atoms with Crippen LogP contribution in [-0.4, -0.2) is 12.1 Å². The third kappa shape index (κ3) is 3.20. The summed E-state index contributed by atoms with van der Waals surface area (Å²) in [5.74, 6) is 1.70. The van der Waals surface area contributed by atoms with Crippen LogP contribution in [0.5, 0.6) is 0 Å². The van der Waals surface area contributed by atoms with Gasteiger partial charge in [0.25, 0.3) is 0 Å². The van der Waals surface area contributed by atoms with Gasteiger partial charge in [-0.3, -0.25) is 0 Å². The Morgan fingerprint density at radius 2 is 1.63 bits per heavy atom. The van der Waals surface area contributed by atoms with Crippen LogP contribution in [0.15, 0.2) is 30.3 Å². The molecule has 2 atom stereocenters. The smallest absolute Gasteiger partial charge is 0.00952 e. The van der Waals surface area contributed by atoms with Crippen LogP contribution in [0.3, 0.4) is 0 Å². The van der Waals surface area contributed by atoms with Crippen LogP contribution in [0.4, 0.5) is 0 Å². The number of hydrogen-bond acceptors (Lipinski definition) is 1. The number of hydrogen-bond donors (Lipinski definition) is 1. The first kappa shape index (κ1) is 13.2. The van der Waals surface area contributed by atoms with E-state index in [1.807, 2.05) is 0 Å². The zero-order chi connectivity index (χ0) is 13.1. The molecule has 0 spiro atoms. The van der Waals surface area contributed by atoms with E-state index in [1.165, 1.54) is 44.9 Å². The van der Waals surface area contributed by atoms with Crippen molar-refractivity contribution in [1.29, 1.82) is 0 Å². The molecule has 0 aliphatic heterocycles. The van der Waals surface area contributed by atoms with Gasteiger partial charge in [0, 0.05) is 12.1 Å². The van der Waals surface area contributed by atoms with Gasteiger partial charge in [0.2, 0.25) is 0 Å². The first-order chi connectivity index (χ1) is 9.33. The Labute approximate surface area is 117 Å². The highest BCUT2D eigenvalue weighted by Gasteiger charge is 2.28. The molecule has 2 unspecified atom stereocenters. The predicted molar refractivity (Wildman–Crippen MR) is 81.4 cm³/mol. The van der Waals surface area contributed by atoms with E-state index in [-0.39, 0.29) is 0 Å². The summed E-state index contributed by atoms with van der Waals surface area (Å²) >= 11 is 0. The van der Waals surface area contributed by atoms with Crippen molar-refractivity contribution in [2.24, 2.45) is 5.92 Å². The van der Waals surface area contributed by atoms with E-state index in [9.17, 15) is 0 Å². The molecule has 1 aromatic carbocycles. The SMILES string of the molecule is CC1CCCC1NC1CCC(c2ccccc2)CC1. The zero-order valence-corrected chi connectivity index (χ0v) is 12.1. The Kier molecular flexibility index (Phi) is 4.22. The van der Waals surface area contributed by atoms with Crippen LogP contribution in [0.1, 0.15) is 63.4 Å². The summed E-state index contributed by atoms with van der Waals surface area (Å²) in [6.07, 6.45) is 9.71. The topological polar surface area (TPSA) is 12.0 Å². The van der Waals surface area contributed by atoms with Crippen LogP contribution < -0.4 is 5.32 Å². The van der Waals surface area contributed by atoms with Crippen molar-refractivity contribution in [3.63, 3.8) is 0 Å². The molecule has 2 aliphatic carbocycles. The van der Waals surface area contributed by atoms with Gasteiger partial charge in [0.15, 0.2) is 0 Å². The maximum absolute atomic E-state index is 3.94. The summed E-state index contributed by atoms with van der Waals surface area (Å²) in [7, 11) is 0. The first-order valence-corrected chi connectivity index (χ1v) is 8.14. The Hall–Kier alpha value is -0.820. The molecule has 2 fully saturated rings. The fourth-order valence-corrected chi connectivity index (χ4v) is 4.01. The van der Waals surface area contributed by atoms with E-state index in [2.05, 4.69) is 42.6 Å². The van der Waals surface area contributed by atoms with Crippen LogP contribution >= 0.6 is 0 Å². The number of nitrogens with one attached hydrogen (secondary N) is 1. The highest BCUT2D eigenvalue weighted by molar-refractivity contribution is 5.20. The van der Waals surface area contributed by atoms with Crippen LogP contribution in [0, 0.1) is 5.92 Å². The minimum Gasteiger partial charge on any atom is -0.311 e. The first-order valence-electron chi connectivity index (χ1n) is 8.14. The third-order valence-electron chi connectivity index (χ3n) is 5.31. The molecule has 0 radical (unpaired) electrons. The monoisotopic (exact) mass is 257 g/mol. The number of benzene rings is 1. The van der Waals surface area contributed by atoms with Crippen molar-refractivity contribution in [3.05, 3.63) is 35.9 Å². The Morgan fingerprint density at radius 1 is 0.895 bits per heavy atom. The maximum Gasteiger partial charge on any atom is 0.00952 e. The van der Waals surface area contributed by atoms with Gasteiger partial charge in [0.05, 0.1) is 0 Å². The van der Waals surface area contributed by atoms with E-state index in [0.29, 0.717) is 0 Å². The molecule has 1 heteroatoms. The molecule has 3 rings (SSSR count). The molecule has 1 aromatic rings. The van der Waals surface area contributed by atoms with Crippen molar-refractivity contribution in [1.82, 2.24) is 5.32 Å². The predicted octanol–water partition coefficient (Wildman–Crippen LogP) is 4.49. The van der Waals surface area contributed by atoms with Gasteiger partial charge in [0.1, 0.15) is 0 Å². The van der Waals surface area contributed by atoms with Gasteiger partial charge in [-0.15, -0.1) is 0 Å². The second-order valence-electron chi connectivity index (χ2n) is 6.64. The highest BCUT2D eigenvalue weighted by Crippen LogP contribution is 2.34. The summed E-state index contributed by atoms with van der Waals surface area (Å²) < 4.78 is 0. The summed E-state index contributed by atoms with van der Waals surface area (Å²) in [6, 6.07) is 12.7. The Morgan fingerprint density at radius 3 is 2.26 bits per heavy atom. The van der Waals surface area contributed by atoms with Crippen molar-refractivity contribution >= 4 is 0 Å². The van der Waals surface area contributed by atoms with E-state index >= 15 is 0 Å². The van der Waals surface area contributed by atoms with Crippen molar-refractivity contribution in [3.8, 4) is 0 Å². The van der Waals surface area contributed by atoms with Crippen LogP contribution in [0.25, 0.3) is 0 Å². The van der Waals surface area contributed by atoms with Gasteiger partial charge in [-0.1, -0.05) is 43.7 Å².